The fraction of sp³-hybridized carbons (Fsp3) is 0.519. The lowest BCUT2D eigenvalue weighted by molar-refractivity contribution is -0.121. The predicted molar refractivity (Wildman–Crippen MR) is 133 cm³/mol. The Bertz CT molecular complexity index is 943. The van der Waals surface area contributed by atoms with Crippen molar-refractivity contribution in [2.45, 2.75) is 64.5 Å². The number of unbranched alkanes of at least 4 members (excludes halogenated alkanes) is 1. The molecule has 1 saturated heterocycles. The summed E-state index contributed by atoms with van der Waals surface area (Å²) in [4.78, 5) is 31.3. The Morgan fingerprint density at radius 3 is 2.62 bits per heavy atom. The summed E-state index contributed by atoms with van der Waals surface area (Å²) < 4.78 is 5.66. The molecular formula is C27H36N4O3. The summed E-state index contributed by atoms with van der Waals surface area (Å²) in [5, 5.41) is 6.34. The quantitative estimate of drug-likeness (QED) is 0.547. The summed E-state index contributed by atoms with van der Waals surface area (Å²) in [6, 6.07) is 9.18. The van der Waals surface area contributed by atoms with Crippen molar-refractivity contribution >= 4 is 17.5 Å². The van der Waals surface area contributed by atoms with Gasteiger partial charge in [-0.05, 0) is 74.9 Å². The molecule has 0 bridgehead atoms. The van der Waals surface area contributed by atoms with Gasteiger partial charge in [-0.1, -0.05) is 12.8 Å². The van der Waals surface area contributed by atoms with Crippen molar-refractivity contribution in [2.75, 3.05) is 25.0 Å². The third-order valence-electron chi connectivity index (χ3n) is 6.69. The van der Waals surface area contributed by atoms with Gasteiger partial charge < -0.3 is 20.3 Å². The van der Waals surface area contributed by atoms with Crippen LogP contribution in [0.3, 0.4) is 0 Å². The molecule has 7 nitrogen and oxygen atoms in total. The van der Waals surface area contributed by atoms with Crippen LogP contribution >= 0.6 is 0 Å². The van der Waals surface area contributed by atoms with Crippen molar-refractivity contribution in [3.05, 3.63) is 53.9 Å². The molecule has 1 fully saturated rings. The van der Waals surface area contributed by atoms with Gasteiger partial charge in [0.2, 0.25) is 5.91 Å². The minimum atomic E-state index is -0.194. The van der Waals surface area contributed by atoms with Crippen LogP contribution in [-0.2, 0) is 11.2 Å². The first-order chi connectivity index (χ1) is 16.5. The average Bonchev–Trinajstić information content (AvgIpc) is 3.28. The number of nitrogens with zero attached hydrogens (tertiary/aromatic N) is 2. The van der Waals surface area contributed by atoms with Crippen LogP contribution in [0, 0.1) is 5.92 Å². The molecule has 7 heteroatoms. The van der Waals surface area contributed by atoms with Gasteiger partial charge in [0.25, 0.3) is 5.91 Å². The number of rotatable bonds is 9. The van der Waals surface area contributed by atoms with Crippen molar-refractivity contribution < 1.29 is 14.3 Å². The lowest BCUT2D eigenvalue weighted by Gasteiger charge is -2.32. The number of carbonyl (C=O) groups excluding carboxylic acids is 2. The van der Waals surface area contributed by atoms with Gasteiger partial charge in [0.1, 0.15) is 11.8 Å². The maximum atomic E-state index is 12.8. The van der Waals surface area contributed by atoms with Gasteiger partial charge in [0.15, 0.2) is 0 Å². The maximum Gasteiger partial charge on any atom is 0.253 e. The van der Waals surface area contributed by atoms with E-state index in [1.165, 1.54) is 0 Å². The lowest BCUT2D eigenvalue weighted by Crippen LogP contribution is -2.39. The van der Waals surface area contributed by atoms with E-state index in [1.807, 2.05) is 55.3 Å². The highest BCUT2D eigenvalue weighted by molar-refractivity contribution is 5.94. The number of benzene rings is 1. The number of pyridine rings is 1. The smallest absolute Gasteiger partial charge is 0.253 e. The van der Waals surface area contributed by atoms with Crippen LogP contribution in [0.4, 0.5) is 5.69 Å². The summed E-state index contributed by atoms with van der Waals surface area (Å²) in [6.07, 6.45) is 9.71. The molecule has 2 aromatic rings. The van der Waals surface area contributed by atoms with Gasteiger partial charge in [-0.15, -0.1) is 0 Å². The fourth-order valence-corrected chi connectivity index (χ4v) is 4.80. The number of hydrogen-bond donors (Lipinski definition) is 2. The molecule has 2 aliphatic heterocycles. The van der Waals surface area contributed by atoms with E-state index in [1.54, 1.807) is 6.20 Å². The summed E-state index contributed by atoms with van der Waals surface area (Å²) in [7, 11) is 0. The number of nitrogens with one attached hydrogen (secondary N) is 2. The van der Waals surface area contributed by atoms with E-state index < -0.39 is 0 Å². The van der Waals surface area contributed by atoms with Crippen LogP contribution in [0.1, 0.15) is 61.9 Å². The lowest BCUT2D eigenvalue weighted by atomic mass is 9.91. The highest BCUT2D eigenvalue weighted by atomic mass is 16.5. The zero-order chi connectivity index (χ0) is 23.9. The maximum absolute atomic E-state index is 12.8. The van der Waals surface area contributed by atoms with Gasteiger partial charge in [0, 0.05) is 49.7 Å². The van der Waals surface area contributed by atoms with E-state index in [9.17, 15) is 9.59 Å². The van der Waals surface area contributed by atoms with Gasteiger partial charge >= 0.3 is 0 Å². The molecule has 0 aliphatic carbocycles. The second-order valence-corrected chi connectivity index (χ2v) is 9.65. The first-order valence-electron chi connectivity index (χ1n) is 12.5. The van der Waals surface area contributed by atoms with Gasteiger partial charge in [0.05, 0.1) is 6.10 Å². The van der Waals surface area contributed by atoms with Crippen molar-refractivity contribution in [2.24, 2.45) is 5.92 Å². The zero-order valence-electron chi connectivity index (χ0n) is 20.3. The number of aromatic nitrogens is 1. The van der Waals surface area contributed by atoms with E-state index >= 15 is 0 Å². The van der Waals surface area contributed by atoms with Gasteiger partial charge in [-0.25, -0.2) is 0 Å². The first-order valence-corrected chi connectivity index (χ1v) is 12.5. The van der Waals surface area contributed by atoms with Crippen molar-refractivity contribution in [3.8, 4) is 5.75 Å². The van der Waals surface area contributed by atoms with Crippen LogP contribution in [0.2, 0.25) is 0 Å². The first kappa shape index (κ1) is 24.0. The number of carbonyl (C=O) groups is 2. The number of ether oxygens (including phenoxy) is 1. The third kappa shape index (κ3) is 6.27. The van der Waals surface area contributed by atoms with Crippen LogP contribution in [-0.4, -0.2) is 53.5 Å². The monoisotopic (exact) mass is 464 g/mol. The third-order valence-corrected chi connectivity index (χ3v) is 6.69. The normalized spacial score (nSPS) is 17.9. The molecule has 1 unspecified atom stereocenters. The van der Waals surface area contributed by atoms with Crippen LogP contribution in [0.25, 0.3) is 0 Å². The van der Waals surface area contributed by atoms with E-state index in [4.69, 9.17) is 4.74 Å². The molecule has 0 spiro atoms. The highest BCUT2D eigenvalue weighted by Crippen LogP contribution is 2.25. The van der Waals surface area contributed by atoms with Gasteiger partial charge in [-0.2, -0.15) is 0 Å². The minimum absolute atomic E-state index is 0.0619. The largest absolute Gasteiger partial charge is 0.491 e. The summed E-state index contributed by atoms with van der Waals surface area (Å²) in [6.45, 7) is 6.31. The molecule has 4 rings (SSSR count). The molecule has 34 heavy (non-hydrogen) atoms. The summed E-state index contributed by atoms with van der Waals surface area (Å²) >= 11 is 0. The Hall–Kier alpha value is -3.09. The second-order valence-electron chi connectivity index (χ2n) is 9.65. The van der Waals surface area contributed by atoms with Crippen LogP contribution < -0.4 is 15.4 Å². The molecule has 0 radical (unpaired) electrons. The van der Waals surface area contributed by atoms with Crippen molar-refractivity contribution in [1.82, 2.24) is 15.2 Å². The number of hydrogen-bond acceptors (Lipinski definition) is 5. The molecule has 1 aromatic heterocycles. The molecule has 2 N–H and O–H groups in total. The number of likely N-dealkylation sites (tertiary alicyclic amines) is 1. The molecule has 2 amide bonds. The summed E-state index contributed by atoms with van der Waals surface area (Å²) in [5.41, 5.74) is 2.84. The number of fused-ring (bicyclic) bond motifs is 1. The van der Waals surface area contributed by atoms with Gasteiger partial charge in [-0.3, -0.25) is 14.6 Å². The number of amides is 2. The molecule has 1 aromatic carbocycles. The number of anilines is 1. The summed E-state index contributed by atoms with van der Waals surface area (Å²) in [5.74, 6) is 1.62. The Balaban J connectivity index is 1.10. The van der Waals surface area contributed by atoms with E-state index in [-0.39, 0.29) is 24.0 Å². The molecular weight excluding hydrogens is 428 g/mol. The van der Waals surface area contributed by atoms with Crippen molar-refractivity contribution in [1.29, 1.82) is 0 Å². The van der Waals surface area contributed by atoms with Crippen LogP contribution in [0.15, 0.2) is 42.7 Å². The topological polar surface area (TPSA) is 83.6 Å². The Morgan fingerprint density at radius 1 is 1.15 bits per heavy atom. The SMILES string of the molecule is CC(C)Oc1ccc(C(=O)N2CCC(CCCCNC(=O)C3Cc4cnccc4N3)CC2)cc1. The zero-order valence-corrected chi connectivity index (χ0v) is 20.3. The molecule has 2 aliphatic rings. The van der Waals surface area contributed by atoms with Crippen molar-refractivity contribution in [3.63, 3.8) is 0 Å². The molecule has 0 saturated carbocycles. The second kappa shape index (κ2) is 11.4. The predicted octanol–water partition coefficient (Wildman–Crippen LogP) is 4.04. The fourth-order valence-electron chi connectivity index (χ4n) is 4.80. The Kier molecular flexibility index (Phi) is 8.03. The van der Waals surface area contributed by atoms with E-state index in [2.05, 4.69) is 15.6 Å². The molecule has 182 valence electrons. The minimum Gasteiger partial charge on any atom is -0.491 e. The van der Waals surface area contributed by atoms with E-state index in [0.29, 0.717) is 18.9 Å². The molecule has 1 atom stereocenters. The Labute approximate surface area is 202 Å². The standard InChI is InChI=1S/C27H36N4O3/c1-19(2)34-23-8-6-21(7-9-23)27(33)31-15-11-20(12-16-31)5-3-4-13-29-26(32)25-17-22-18-28-14-10-24(22)30-25/h6-10,14,18-20,25,30H,3-5,11-13,15-17H2,1-2H3,(H,29,32). The van der Waals surface area contributed by atoms with Crippen LogP contribution in [0.5, 0.6) is 5.75 Å². The molecule has 3 heterocycles. The van der Waals surface area contributed by atoms with E-state index in [0.717, 1.165) is 67.8 Å². The number of piperidine rings is 1. The highest BCUT2D eigenvalue weighted by Gasteiger charge is 2.26. The Morgan fingerprint density at radius 2 is 1.91 bits per heavy atom. The average molecular weight is 465 g/mol.